The lowest BCUT2D eigenvalue weighted by molar-refractivity contribution is -0.167. The number of unbranched alkanes of at least 4 members (excludes halogenated alkanes) is 25. The molecule has 0 aromatic heterocycles. The summed E-state index contributed by atoms with van der Waals surface area (Å²) in [6.07, 6.45) is 93.2. The van der Waals surface area contributed by atoms with Crippen LogP contribution in [-0.4, -0.2) is 37.2 Å². The standard InChI is InChI=1S/C73H120O6/c1-4-7-10-13-16-19-22-25-27-28-29-30-31-32-33-34-35-36-37-38-39-40-41-42-43-44-45-46-47-49-51-54-57-60-63-66-72(75)78-69-70(68-77-71(74)65-62-59-56-53-50-24-21-18-15-12-9-6-3)79-73(76)67-64-61-58-55-52-48-26-23-20-17-14-11-8-5-2/h7,10,16,18-19,21,25,27,29-30,32-33,35-36,38-39,41-42,44-45,47,49,70H,4-6,8-9,11-15,17,20,22-24,26,28,31,34,37,40,43,46,48,50-69H2,1-3H3/b10-7-,19-16-,21-18-,27-25-,30-29-,33-32-,36-35-,39-38-,42-41-,45-44-,49-47-. The Bertz CT molecular complexity index is 1680. The molecule has 0 saturated carbocycles. The second kappa shape index (κ2) is 66.1. The van der Waals surface area contributed by atoms with Gasteiger partial charge in [0.15, 0.2) is 6.10 Å². The predicted octanol–water partition coefficient (Wildman–Crippen LogP) is 22.5. The molecule has 0 fully saturated rings. The van der Waals surface area contributed by atoms with Gasteiger partial charge in [-0.1, -0.05) is 283 Å². The summed E-state index contributed by atoms with van der Waals surface area (Å²) in [7, 11) is 0. The van der Waals surface area contributed by atoms with Gasteiger partial charge in [-0.15, -0.1) is 0 Å². The van der Waals surface area contributed by atoms with Gasteiger partial charge >= 0.3 is 17.9 Å². The molecular weight excluding hydrogens is 973 g/mol. The van der Waals surface area contributed by atoms with Crippen molar-refractivity contribution in [2.75, 3.05) is 13.2 Å². The van der Waals surface area contributed by atoms with Crippen LogP contribution in [0.1, 0.15) is 290 Å². The molecule has 0 rings (SSSR count). The minimum atomic E-state index is -0.793. The molecule has 448 valence electrons. The largest absolute Gasteiger partial charge is 0.462 e. The van der Waals surface area contributed by atoms with Gasteiger partial charge in [-0.3, -0.25) is 14.4 Å². The summed E-state index contributed by atoms with van der Waals surface area (Å²) < 4.78 is 16.9. The van der Waals surface area contributed by atoms with Crippen LogP contribution in [0.15, 0.2) is 134 Å². The first kappa shape index (κ1) is 74.5. The Hall–Kier alpha value is -4.45. The van der Waals surface area contributed by atoms with Crippen LogP contribution < -0.4 is 0 Å². The minimum absolute atomic E-state index is 0.0906. The van der Waals surface area contributed by atoms with E-state index in [0.29, 0.717) is 19.3 Å². The van der Waals surface area contributed by atoms with Crippen LogP contribution in [0.3, 0.4) is 0 Å². The summed E-state index contributed by atoms with van der Waals surface area (Å²) >= 11 is 0. The number of hydrogen-bond acceptors (Lipinski definition) is 6. The van der Waals surface area contributed by atoms with Gasteiger partial charge in [0.25, 0.3) is 0 Å². The van der Waals surface area contributed by atoms with Crippen molar-refractivity contribution in [2.45, 2.75) is 297 Å². The normalized spacial score (nSPS) is 13.0. The molecule has 0 spiro atoms. The van der Waals surface area contributed by atoms with Crippen molar-refractivity contribution in [1.29, 1.82) is 0 Å². The lowest BCUT2D eigenvalue weighted by Gasteiger charge is -2.18. The summed E-state index contributed by atoms with van der Waals surface area (Å²) in [5.41, 5.74) is 0. The van der Waals surface area contributed by atoms with Gasteiger partial charge in [0.1, 0.15) is 13.2 Å². The van der Waals surface area contributed by atoms with E-state index >= 15 is 0 Å². The Morgan fingerprint density at radius 3 is 0.810 bits per heavy atom. The molecule has 1 unspecified atom stereocenters. The molecule has 0 amide bonds. The summed E-state index contributed by atoms with van der Waals surface area (Å²) in [5, 5.41) is 0. The fourth-order valence-electron chi connectivity index (χ4n) is 8.76. The molecule has 0 aliphatic rings. The van der Waals surface area contributed by atoms with E-state index in [4.69, 9.17) is 14.2 Å². The Kier molecular flexibility index (Phi) is 62.3. The van der Waals surface area contributed by atoms with E-state index in [1.54, 1.807) is 0 Å². The van der Waals surface area contributed by atoms with Crippen LogP contribution in [0.4, 0.5) is 0 Å². The molecule has 0 bridgehead atoms. The zero-order chi connectivity index (χ0) is 57.1. The maximum atomic E-state index is 12.9. The van der Waals surface area contributed by atoms with Crippen LogP contribution in [0.5, 0.6) is 0 Å². The molecular formula is C73H120O6. The highest BCUT2D eigenvalue weighted by Gasteiger charge is 2.19. The van der Waals surface area contributed by atoms with Crippen LogP contribution >= 0.6 is 0 Å². The molecule has 0 heterocycles. The number of hydrogen-bond donors (Lipinski definition) is 0. The molecule has 6 heteroatoms. The third-order valence-electron chi connectivity index (χ3n) is 13.6. The van der Waals surface area contributed by atoms with Crippen molar-refractivity contribution < 1.29 is 28.6 Å². The smallest absolute Gasteiger partial charge is 0.306 e. The Balaban J connectivity index is 4.28. The van der Waals surface area contributed by atoms with Crippen molar-refractivity contribution in [3.05, 3.63) is 134 Å². The first-order valence-corrected chi connectivity index (χ1v) is 32.7. The zero-order valence-electron chi connectivity index (χ0n) is 51.3. The Labute approximate surface area is 487 Å². The predicted molar refractivity (Wildman–Crippen MR) is 343 cm³/mol. The fraction of sp³-hybridized carbons (Fsp3) is 0.658. The third-order valence-corrected chi connectivity index (χ3v) is 13.6. The Morgan fingerprint density at radius 1 is 0.266 bits per heavy atom. The summed E-state index contributed by atoms with van der Waals surface area (Å²) in [4.78, 5) is 38.2. The van der Waals surface area contributed by atoms with Gasteiger partial charge in [0, 0.05) is 19.3 Å². The van der Waals surface area contributed by atoms with Gasteiger partial charge < -0.3 is 14.2 Å². The number of ether oxygens (including phenoxy) is 3. The number of carbonyl (C=O) groups excluding carboxylic acids is 3. The van der Waals surface area contributed by atoms with Crippen molar-refractivity contribution in [2.24, 2.45) is 0 Å². The quantitative estimate of drug-likeness (QED) is 0.0261. The van der Waals surface area contributed by atoms with E-state index in [-0.39, 0.29) is 31.1 Å². The molecule has 0 saturated heterocycles. The van der Waals surface area contributed by atoms with E-state index in [1.165, 1.54) is 109 Å². The second-order valence-corrected chi connectivity index (χ2v) is 21.3. The highest BCUT2D eigenvalue weighted by atomic mass is 16.6. The zero-order valence-corrected chi connectivity index (χ0v) is 51.3. The van der Waals surface area contributed by atoms with E-state index in [1.807, 2.05) is 0 Å². The molecule has 0 aromatic carbocycles. The molecule has 0 aromatic rings. The number of esters is 3. The Morgan fingerprint density at radius 2 is 0.494 bits per heavy atom. The summed E-state index contributed by atoms with van der Waals surface area (Å²) in [6, 6.07) is 0. The summed E-state index contributed by atoms with van der Waals surface area (Å²) in [5.74, 6) is -0.921. The van der Waals surface area contributed by atoms with Crippen molar-refractivity contribution in [3.8, 4) is 0 Å². The average Bonchev–Trinajstić information content (AvgIpc) is 3.45. The van der Waals surface area contributed by atoms with Gasteiger partial charge in [-0.2, -0.15) is 0 Å². The van der Waals surface area contributed by atoms with Crippen molar-refractivity contribution in [3.63, 3.8) is 0 Å². The van der Waals surface area contributed by atoms with Gasteiger partial charge in [0.2, 0.25) is 0 Å². The molecule has 6 nitrogen and oxygen atoms in total. The molecule has 0 N–H and O–H groups in total. The number of carbonyl (C=O) groups is 3. The minimum Gasteiger partial charge on any atom is -0.462 e. The highest BCUT2D eigenvalue weighted by molar-refractivity contribution is 5.71. The SMILES string of the molecule is CC/C=C\C/C=C\C/C=C\C/C=C\C/C=C\C/C=C\C/C=C\C/C=C\C/C=C\C/C=C\CCCCCCC(=O)OCC(COC(=O)CCCCCCC/C=C\CCCCC)OC(=O)CCCCCCCCCCCCCCCC. The number of allylic oxidation sites excluding steroid dienone is 22. The van der Waals surface area contributed by atoms with Crippen LogP contribution in [-0.2, 0) is 28.6 Å². The maximum Gasteiger partial charge on any atom is 0.306 e. The number of rotatable bonds is 58. The average molecular weight is 1090 g/mol. The highest BCUT2D eigenvalue weighted by Crippen LogP contribution is 2.15. The topological polar surface area (TPSA) is 78.9 Å². The van der Waals surface area contributed by atoms with Crippen molar-refractivity contribution >= 4 is 17.9 Å². The molecule has 0 aliphatic heterocycles. The summed E-state index contributed by atoms with van der Waals surface area (Å²) in [6.45, 7) is 6.48. The maximum absolute atomic E-state index is 12.9. The van der Waals surface area contributed by atoms with E-state index in [0.717, 1.165) is 141 Å². The van der Waals surface area contributed by atoms with Crippen LogP contribution in [0.2, 0.25) is 0 Å². The van der Waals surface area contributed by atoms with E-state index in [9.17, 15) is 14.4 Å². The van der Waals surface area contributed by atoms with Crippen LogP contribution in [0, 0.1) is 0 Å². The fourth-order valence-corrected chi connectivity index (χ4v) is 8.76. The second-order valence-electron chi connectivity index (χ2n) is 21.3. The molecule has 79 heavy (non-hydrogen) atoms. The lowest BCUT2D eigenvalue weighted by atomic mass is 10.0. The van der Waals surface area contributed by atoms with Crippen molar-refractivity contribution in [1.82, 2.24) is 0 Å². The van der Waals surface area contributed by atoms with Gasteiger partial charge in [-0.05, 0) is 122 Å². The molecule has 0 aliphatic carbocycles. The van der Waals surface area contributed by atoms with Gasteiger partial charge in [0.05, 0.1) is 0 Å². The molecule has 1 atom stereocenters. The monoisotopic (exact) mass is 1090 g/mol. The first-order chi connectivity index (χ1) is 39.0. The van der Waals surface area contributed by atoms with Gasteiger partial charge in [-0.25, -0.2) is 0 Å². The van der Waals surface area contributed by atoms with Crippen LogP contribution in [0.25, 0.3) is 0 Å². The first-order valence-electron chi connectivity index (χ1n) is 32.7. The van der Waals surface area contributed by atoms with E-state index < -0.39 is 6.10 Å². The third kappa shape index (κ3) is 64.3. The lowest BCUT2D eigenvalue weighted by Crippen LogP contribution is -2.30. The van der Waals surface area contributed by atoms with E-state index in [2.05, 4.69) is 154 Å². The molecule has 0 radical (unpaired) electrons.